The number of alkyl halides is 1. The van der Waals surface area contributed by atoms with Crippen LogP contribution in [0.2, 0.25) is 0 Å². The number of amides is 1. The van der Waals surface area contributed by atoms with Gasteiger partial charge in [-0.05, 0) is 12.1 Å². The fourth-order valence-electron chi connectivity index (χ4n) is 2.06. The van der Waals surface area contributed by atoms with E-state index >= 15 is 0 Å². The van der Waals surface area contributed by atoms with E-state index in [2.05, 4.69) is 6.07 Å². The zero-order chi connectivity index (χ0) is 15.2. The van der Waals surface area contributed by atoms with Gasteiger partial charge in [0.2, 0.25) is 5.91 Å². The Morgan fingerprint density at radius 1 is 1.43 bits per heavy atom. The first-order valence-corrected chi connectivity index (χ1v) is 7.34. The maximum atomic E-state index is 12.4. The Bertz CT molecular complexity index is 556. The van der Waals surface area contributed by atoms with Crippen LogP contribution in [0.5, 0.6) is 11.5 Å². The molecule has 0 bridgehead atoms. The first-order valence-electron chi connectivity index (χ1n) is 6.81. The molecule has 0 saturated heterocycles. The molecule has 5 nitrogen and oxygen atoms in total. The van der Waals surface area contributed by atoms with Crippen molar-refractivity contribution in [1.82, 2.24) is 0 Å². The maximum Gasteiger partial charge on any atom is 0.231 e. The van der Waals surface area contributed by atoms with Crippen molar-refractivity contribution in [3.8, 4) is 17.6 Å². The molecule has 1 unspecified atom stereocenters. The molecule has 0 saturated carbocycles. The van der Waals surface area contributed by atoms with Crippen LogP contribution in [0.15, 0.2) is 18.2 Å². The third-order valence-corrected chi connectivity index (χ3v) is 3.67. The largest absolute Gasteiger partial charge is 0.486 e. The number of carbonyl (C=O) groups excluding carboxylic acids is 1. The summed E-state index contributed by atoms with van der Waals surface area (Å²) in [7, 11) is 0. The van der Waals surface area contributed by atoms with Crippen LogP contribution in [0.4, 0.5) is 5.69 Å². The lowest BCUT2D eigenvalue weighted by molar-refractivity contribution is -0.121. The van der Waals surface area contributed by atoms with Crippen LogP contribution in [0.3, 0.4) is 0 Å². The average molecular weight is 309 g/mol. The lowest BCUT2D eigenvalue weighted by Gasteiger charge is -2.26. The van der Waals surface area contributed by atoms with Crippen molar-refractivity contribution in [1.29, 1.82) is 5.26 Å². The van der Waals surface area contributed by atoms with Crippen LogP contribution in [0, 0.1) is 17.2 Å². The molecular weight excluding hydrogens is 292 g/mol. The Balaban J connectivity index is 2.27. The van der Waals surface area contributed by atoms with Gasteiger partial charge in [0.15, 0.2) is 11.5 Å². The van der Waals surface area contributed by atoms with Gasteiger partial charge in [-0.2, -0.15) is 5.26 Å². The van der Waals surface area contributed by atoms with Gasteiger partial charge in [0.25, 0.3) is 0 Å². The summed E-state index contributed by atoms with van der Waals surface area (Å²) in [6.07, 6.45) is 0.259. The van der Waals surface area contributed by atoms with Crippen LogP contribution >= 0.6 is 11.6 Å². The summed E-state index contributed by atoms with van der Waals surface area (Å²) >= 11 is 5.77. The molecule has 112 valence electrons. The smallest absolute Gasteiger partial charge is 0.231 e. The van der Waals surface area contributed by atoms with Gasteiger partial charge in [-0.15, -0.1) is 11.6 Å². The zero-order valence-electron chi connectivity index (χ0n) is 11.8. The molecule has 0 fully saturated rings. The number of fused-ring (bicyclic) bond motifs is 1. The first kappa shape index (κ1) is 15.5. The third kappa shape index (κ3) is 3.59. The van der Waals surface area contributed by atoms with Crippen molar-refractivity contribution in [2.45, 2.75) is 13.3 Å². The minimum absolute atomic E-state index is 0.100. The van der Waals surface area contributed by atoms with Crippen LogP contribution < -0.4 is 14.4 Å². The summed E-state index contributed by atoms with van der Waals surface area (Å²) < 4.78 is 11.0. The van der Waals surface area contributed by atoms with Gasteiger partial charge in [0.1, 0.15) is 13.2 Å². The second-order valence-electron chi connectivity index (χ2n) is 4.78. The summed E-state index contributed by atoms with van der Waals surface area (Å²) in [5, 5.41) is 8.77. The van der Waals surface area contributed by atoms with E-state index in [1.807, 2.05) is 0 Å². The molecule has 1 atom stereocenters. The molecular formula is C15H17ClN2O3. The minimum Gasteiger partial charge on any atom is -0.486 e. The molecule has 6 heteroatoms. The summed E-state index contributed by atoms with van der Waals surface area (Å²) in [6, 6.07) is 7.40. The van der Waals surface area contributed by atoms with E-state index in [1.165, 1.54) is 0 Å². The fraction of sp³-hybridized carbons (Fsp3) is 0.467. The van der Waals surface area contributed by atoms with E-state index in [9.17, 15) is 4.79 Å². The molecule has 2 rings (SSSR count). The molecule has 1 amide bonds. The normalized spacial score (nSPS) is 14.1. The second kappa shape index (κ2) is 7.19. The molecule has 21 heavy (non-hydrogen) atoms. The van der Waals surface area contributed by atoms with Crippen molar-refractivity contribution in [2.24, 2.45) is 5.92 Å². The van der Waals surface area contributed by atoms with Crippen LogP contribution in [0.1, 0.15) is 13.3 Å². The van der Waals surface area contributed by atoms with Gasteiger partial charge in [-0.3, -0.25) is 4.79 Å². The molecule has 0 aromatic heterocycles. The number of rotatable bonds is 5. The summed E-state index contributed by atoms with van der Waals surface area (Å²) in [4.78, 5) is 14.0. The number of hydrogen-bond acceptors (Lipinski definition) is 4. The number of benzene rings is 1. The van der Waals surface area contributed by atoms with E-state index in [1.54, 1.807) is 30.0 Å². The highest BCUT2D eigenvalue weighted by atomic mass is 35.5. The van der Waals surface area contributed by atoms with E-state index in [4.69, 9.17) is 26.3 Å². The van der Waals surface area contributed by atoms with E-state index in [0.29, 0.717) is 36.9 Å². The lowest BCUT2D eigenvalue weighted by atomic mass is 10.1. The third-order valence-electron chi connectivity index (χ3n) is 3.20. The SMILES string of the molecule is CC(CCl)C(=O)N(CCC#N)c1ccc2c(c1)OCCO2. The Kier molecular flexibility index (Phi) is 5.29. The molecule has 0 spiro atoms. The molecule has 0 radical (unpaired) electrons. The topological polar surface area (TPSA) is 62.6 Å². The maximum absolute atomic E-state index is 12.4. The molecule has 1 heterocycles. The summed E-state index contributed by atoms with van der Waals surface area (Å²) in [5.74, 6) is 1.12. The Hall–Kier alpha value is -1.93. The van der Waals surface area contributed by atoms with Crippen molar-refractivity contribution in [2.75, 3.05) is 30.5 Å². The van der Waals surface area contributed by atoms with Crippen molar-refractivity contribution >= 4 is 23.2 Å². The Morgan fingerprint density at radius 3 is 2.81 bits per heavy atom. The number of carbonyl (C=O) groups is 1. The molecule has 1 aromatic rings. The minimum atomic E-state index is -0.307. The summed E-state index contributed by atoms with van der Waals surface area (Å²) in [6.45, 7) is 3.11. The van der Waals surface area contributed by atoms with E-state index < -0.39 is 0 Å². The zero-order valence-corrected chi connectivity index (χ0v) is 12.6. The number of nitrogens with zero attached hydrogens (tertiary/aromatic N) is 2. The van der Waals surface area contributed by atoms with Gasteiger partial charge in [-0.25, -0.2) is 0 Å². The summed E-state index contributed by atoms with van der Waals surface area (Å²) in [5.41, 5.74) is 0.691. The first-order chi connectivity index (χ1) is 10.2. The quantitative estimate of drug-likeness (QED) is 0.784. The van der Waals surface area contributed by atoms with Gasteiger partial charge in [0.05, 0.1) is 12.5 Å². The van der Waals surface area contributed by atoms with Gasteiger partial charge < -0.3 is 14.4 Å². The molecule has 1 aliphatic rings. The lowest BCUT2D eigenvalue weighted by Crippen LogP contribution is -2.36. The Morgan fingerprint density at radius 2 is 2.14 bits per heavy atom. The highest BCUT2D eigenvalue weighted by Gasteiger charge is 2.23. The number of anilines is 1. The predicted octanol–water partition coefficient (Wildman–Crippen LogP) is 2.58. The highest BCUT2D eigenvalue weighted by Crippen LogP contribution is 2.34. The number of ether oxygens (including phenoxy) is 2. The number of hydrogen-bond donors (Lipinski definition) is 0. The average Bonchev–Trinajstić information content (AvgIpc) is 2.54. The van der Waals surface area contributed by atoms with Crippen LogP contribution in [-0.2, 0) is 4.79 Å². The fourth-order valence-corrected chi connectivity index (χ4v) is 2.19. The number of halogens is 1. The van der Waals surface area contributed by atoms with E-state index in [0.717, 1.165) is 0 Å². The van der Waals surface area contributed by atoms with Crippen LogP contribution in [-0.4, -0.2) is 31.5 Å². The standard InChI is InChI=1S/C15H17ClN2O3/c1-11(10-16)15(19)18(6-2-5-17)12-3-4-13-14(9-12)21-8-7-20-13/h3-4,9,11H,2,6-8,10H2,1H3. The van der Waals surface area contributed by atoms with Crippen LogP contribution in [0.25, 0.3) is 0 Å². The molecule has 1 aromatic carbocycles. The Labute approximate surface area is 129 Å². The monoisotopic (exact) mass is 308 g/mol. The van der Waals surface area contributed by atoms with Gasteiger partial charge in [-0.1, -0.05) is 6.92 Å². The van der Waals surface area contributed by atoms with Gasteiger partial charge in [0, 0.05) is 30.1 Å². The van der Waals surface area contributed by atoms with Gasteiger partial charge >= 0.3 is 0 Å². The van der Waals surface area contributed by atoms with E-state index in [-0.39, 0.29) is 24.1 Å². The number of nitriles is 1. The van der Waals surface area contributed by atoms with Crippen molar-refractivity contribution < 1.29 is 14.3 Å². The second-order valence-corrected chi connectivity index (χ2v) is 5.09. The predicted molar refractivity (Wildman–Crippen MR) is 79.9 cm³/mol. The molecule has 1 aliphatic heterocycles. The molecule has 0 N–H and O–H groups in total. The molecule has 0 aliphatic carbocycles. The van der Waals surface area contributed by atoms with Crippen molar-refractivity contribution in [3.05, 3.63) is 18.2 Å². The highest BCUT2D eigenvalue weighted by molar-refractivity contribution is 6.19. The van der Waals surface area contributed by atoms with Crippen molar-refractivity contribution in [3.63, 3.8) is 0 Å².